The first-order valence-corrected chi connectivity index (χ1v) is 13.7. The molecule has 0 fully saturated rings. The highest BCUT2D eigenvalue weighted by Crippen LogP contribution is 2.33. The molecule has 0 saturated heterocycles. The maximum absolute atomic E-state index is 12.0. The molecule has 4 rings (SSSR count). The SMILES string of the molecule is Oc1cc(I)c(O)c(I)c1.Oc1ccc(F)cc1.Oc1ccc(Oc2cc(I)c(O)c(I)c2)cc1. The summed E-state index contributed by atoms with van der Waals surface area (Å²) in [5.74, 6) is 1.94. The van der Waals surface area contributed by atoms with Gasteiger partial charge in [0.25, 0.3) is 0 Å². The van der Waals surface area contributed by atoms with E-state index < -0.39 is 0 Å². The Morgan fingerprint density at radius 2 is 0.857 bits per heavy atom. The van der Waals surface area contributed by atoms with Gasteiger partial charge in [0.05, 0.1) is 14.3 Å². The van der Waals surface area contributed by atoms with Gasteiger partial charge in [-0.15, -0.1) is 0 Å². The van der Waals surface area contributed by atoms with Crippen molar-refractivity contribution >= 4 is 90.4 Å². The van der Waals surface area contributed by atoms with Crippen molar-refractivity contribution in [1.29, 1.82) is 0 Å². The summed E-state index contributed by atoms with van der Waals surface area (Å²) in [5.41, 5.74) is 0. The number of aromatic hydroxyl groups is 5. The zero-order valence-electron chi connectivity index (χ0n) is 17.5. The van der Waals surface area contributed by atoms with Crippen molar-refractivity contribution in [3.8, 4) is 40.2 Å². The Kier molecular flexibility index (Phi) is 12.2. The van der Waals surface area contributed by atoms with Gasteiger partial charge in [0, 0.05) is 0 Å². The van der Waals surface area contributed by atoms with Crippen LogP contribution >= 0.6 is 90.4 Å². The minimum atomic E-state index is -0.331. The maximum Gasteiger partial charge on any atom is 0.142 e. The standard InChI is InChI=1S/C12H8I2O3.C6H5FO.C6H4I2O2/c13-10-5-9(6-11(14)12(10)16)17-8-3-1-7(15)2-4-8;7-5-1-3-6(8)4-2-5;7-4-1-3(9)2-5(8)6(4)10/h1-6,15-16H;1-4,8H;1-2,9-10H. The number of hydrogen-bond acceptors (Lipinski definition) is 6. The molecule has 0 heterocycles. The molecule has 0 amide bonds. The molecule has 11 heteroatoms. The molecule has 0 atom stereocenters. The van der Waals surface area contributed by atoms with Crippen LogP contribution in [0.4, 0.5) is 4.39 Å². The van der Waals surface area contributed by atoms with Crippen LogP contribution in [0.2, 0.25) is 0 Å². The van der Waals surface area contributed by atoms with Crippen LogP contribution in [0.25, 0.3) is 0 Å². The lowest BCUT2D eigenvalue weighted by Gasteiger charge is -2.08. The average Bonchev–Trinajstić information content (AvgIpc) is 2.80. The first-order valence-electron chi connectivity index (χ1n) is 9.42. The third-order valence-electron chi connectivity index (χ3n) is 3.89. The zero-order valence-corrected chi connectivity index (χ0v) is 26.1. The van der Waals surface area contributed by atoms with Crippen LogP contribution in [-0.2, 0) is 0 Å². The number of ether oxygens (including phenoxy) is 1. The largest absolute Gasteiger partial charge is 0.508 e. The van der Waals surface area contributed by atoms with E-state index in [-0.39, 0.29) is 34.6 Å². The molecule has 0 unspecified atom stereocenters. The summed E-state index contributed by atoms with van der Waals surface area (Å²) in [7, 11) is 0. The van der Waals surface area contributed by atoms with Gasteiger partial charge >= 0.3 is 0 Å². The molecule has 4 aromatic carbocycles. The molecule has 0 bridgehead atoms. The van der Waals surface area contributed by atoms with Crippen molar-refractivity contribution in [3.63, 3.8) is 0 Å². The summed E-state index contributed by atoms with van der Waals surface area (Å²) in [6.45, 7) is 0. The Bertz CT molecular complexity index is 1200. The fraction of sp³-hybridized carbons (Fsp3) is 0. The molecule has 4 aromatic rings. The summed E-state index contributed by atoms with van der Waals surface area (Å²) >= 11 is 8.02. The molecular formula is C24H17FI4O6. The first-order chi connectivity index (χ1) is 16.5. The molecule has 0 saturated carbocycles. The zero-order chi connectivity index (χ0) is 26.1. The van der Waals surface area contributed by atoms with Gasteiger partial charge in [-0.05, 0) is 163 Å². The molecular weight excluding hydrogens is 911 g/mol. The highest BCUT2D eigenvalue weighted by atomic mass is 127. The Hall–Kier alpha value is -1.47. The summed E-state index contributed by atoms with van der Waals surface area (Å²) in [4.78, 5) is 0. The van der Waals surface area contributed by atoms with Crippen LogP contribution in [0.1, 0.15) is 0 Å². The van der Waals surface area contributed by atoms with Crippen LogP contribution in [0, 0.1) is 20.1 Å². The van der Waals surface area contributed by atoms with Crippen LogP contribution in [0.3, 0.4) is 0 Å². The van der Waals surface area contributed by atoms with Crippen LogP contribution in [-0.4, -0.2) is 25.5 Å². The van der Waals surface area contributed by atoms with Crippen molar-refractivity contribution < 1.29 is 34.7 Å². The third-order valence-corrected chi connectivity index (χ3v) is 7.18. The van der Waals surface area contributed by atoms with Gasteiger partial charge in [0.15, 0.2) is 0 Å². The fourth-order valence-electron chi connectivity index (χ4n) is 2.24. The quantitative estimate of drug-likeness (QED) is 0.103. The van der Waals surface area contributed by atoms with Crippen LogP contribution < -0.4 is 4.74 Å². The van der Waals surface area contributed by atoms with Crippen LogP contribution in [0.5, 0.6) is 40.2 Å². The topological polar surface area (TPSA) is 110 Å². The van der Waals surface area contributed by atoms with Gasteiger partial charge in [0.1, 0.15) is 46.1 Å². The Labute approximate surface area is 255 Å². The minimum Gasteiger partial charge on any atom is -0.508 e. The minimum absolute atomic E-state index is 0.0893. The highest BCUT2D eigenvalue weighted by molar-refractivity contribution is 14.1. The van der Waals surface area contributed by atoms with Crippen molar-refractivity contribution in [2.75, 3.05) is 0 Å². The van der Waals surface area contributed by atoms with E-state index in [9.17, 15) is 14.6 Å². The lowest BCUT2D eigenvalue weighted by Crippen LogP contribution is -1.87. The number of hydrogen-bond donors (Lipinski definition) is 5. The van der Waals surface area contributed by atoms with E-state index in [1.165, 1.54) is 36.4 Å². The molecule has 0 aliphatic rings. The second kappa shape index (κ2) is 14.3. The van der Waals surface area contributed by atoms with Crippen molar-refractivity contribution in [2.24, 2.45) is 0 Å². The molecule has 0 spiro atoms. The number of benzene rings is 4. The predicted molar refractivity (Wildman–Crippen MR) is 165 cm³/mol. The lowest BCUT2D eigenvalue weighted by molar-refractivity contribution is 0.453. The van der Waals surface area contributed by atoms with Gasteiger partial charge < -0.3 is 30.3 Å². The van der Waals surface area contributed by atoms with Crippen molar-refractivity contribution in [3.05, 3.63) is 92.9 Å². The number of phenols is 5. The van der Waals surface area contributed by atoms with E-state index in [0.717, 1.165) is 7.14 Å². The second-order valence-corrected chi connectivity index (χ2v) is 11.2. The molecule has 0 radical (unpaired) electrons. The second-order valence-electron chi connectivity index (χ2n) is 6.57. The predicted octanol–water partition coefficient (Wildman–Crippen LogP) is 7.94. The van der Waals surface area contributed by atoms with Crippen molar-refractivity contribution in [2.45, 2.75) is 0 Å². The van der Waals surface area contributed by atoms with Gasteiger partial charge in [-0.3, -0.25) is 0 Å². The summed E-state index contributed by atoms with van der Waals surface area (Å²) in [6.07, 6.45) is 0. The van der Waals surface area contributed by atoms with E-state index in [1.807, 2.05) is 90.4 Å². The Morgan fingerprint density at radius 3 is 1.26 bits per heavy atom. The molecule has 0 aliphatic heterocycles. The Balaban J connectivity index is 0.000000204. The van der Waals surface area contributed by atoms with Crippen LogP contribution in [0.15, 0.2) is 72.8 Å². The van der Waals surface area contributed by atoms with E-state index in [0.29, 0.717) is 18.6 Å². The summed E-state index contributed by atoms with van der Waals surface area (Å²) in [6, 6.07) is 18.0. The normalized spacial score (nSPS) is 9.86. The molecule has 35 heavy (non-hydrogen) atoms. The lowest BCUT2D eigenvalue weighted by atomic mass is 10.3. The first kappa shape index (κ1) is 29.8. The average molecular weight is 928 g/mol. The molecule has 184 valence electrons. The van der Waals surface area contributed by atoms with Crippen molar-refractivity contribution in [1.82, 2.24) is 0 Å². The number of phenolic OH excluding ortho intramolecular Hbond substituents is 5. The molecule has 0 aromatic heterocycles. The molecule has 0 aliphatic carbocycles. The van der Waals surface area contributed by atoms with E-state index in [2.05, 4.69) is 0 Å². The fourth-order valence-corrected chi connectivity index (χ4v) is 5.69. The van der Waals surface area contributed by atoms with Gasteiger partial charge in [0.2, 0.25) is 0 Å². The third kappa shape index (κ3) is 10.2. The van der Waals surface area contributed by atoms with Gasteiger partial charge in [-0.25, -0.2) is 4.39 Å². The van der Waals surface area contributed by atoms with E-state index in [4.69, 9.17) is 20.1 Å². The van der Waals surface area contributed by atoms with Gasteiger partial charge in [-0.1, -0.05) is 0 Å². The monoisotopic (exact) mass is 928 g/mol. The van der Waals surface area contributed by atoms with Gasteiger partial charge in [-0.2, -0.15) is 0 Å². The number of halogens is 5. The van der Waals surface area contributed by atoms with E-state index >= 15 is 0 Å². The highest BCUT2D eigenvalue weighted by Gasteiger charge is 2.07. The molecule has 5 N–H and O–H groups in total. The molecule has 6 nitrogen and oxygen atoms in total. The Morgan fingerprint density at radius 1 is 0.486 bits per heavy atom. The summed E-state index contributed by atoms with van der Waals surface area (Å²) < 4.78 is 20.4. The summed E-state index contributed by atoms with van der Waals surface area (Å²) in [5, 5.41) is 45.6. The number of rotatable bonds is 2. The smallest absolute Gasteiger partial charge is 0.142 e. The maximum atomic E-state index is 12.0. The van der Waals surface area contributed by atoms with E-state index in [1.54, 1.807) is 36.4 Å².